The Kier molecular flexibility index (Phi) is 27.6. The fourth-order valence-electron chi connectivity index (χ4n) is 15.1. The molecule has 0 aliphatic heterocycles. The lowest BCUT2D eigenvalue weighted by atomic mass is 9.79. The Morgan fingerprint density at radius 1 is 0.217 bits per heavy atom. The first-order valence-corrected chi connectivity index (χ1v) is 42.5. The minimum absolute atomic E-state index is 0.0474. The number of carbonyl (C=O) groups excluding carboxylic acids is 4. The number of likely N-dealkylation sites (N-methyl/N-ethyl adjacent to an activating group) is 4. The van der Waals surface area contributed by atoms with E-state index in [0.29, 0.717) is 112 Å². The topological polar surface area (TPSA) is 199 Å². The van der Waals surface area contributed by atoms with Gasteiger partial charge < -0.3 is 59.0 Å². The van der Waals surface area contributed by atoms with Crippen molar-refractivity contribution >= 4 is 23.6 Å². The van der Waals surface area contributed by atoms with Gasteiger partial charge in [-0.15, -0.1) is 0 Å². The average molecular weight is 1640 g/mol. The highest BCUT2D eigenvalue weighted by Crippen LogP contribution is 2.48. The second-order valence-corrected chi connectivity index (χ2v) is 42.8. The number of rotatable bonds is 12. The zero-order chi connectivity index (χ0) is 89.7. The van der Waals surface area contributed by atoms with Crippen LogP contribution in [0.1, 0.15) is 300 Å². The molecule has 0 atom stereocenters. The zero-order valence-electron chi connectivity index (χ0n) is 78.6. The molecule has 1 aliphatic carbocycles. The van der Waals surface area contributed by atoms with Crippen LogP contribution in [0.3, 0.4) is 0 Å². The van der Waals surface area contributed by atoms with Crippen molar-refractivity contribution in [2.24, 2.45) is 0 Å². The zero-order valence-corrected chi connectivity index (χ0v) is 78.6. The molecule has 0 spiro atoms. The summed E-state index contributed by atoms with van der Waals surface area (Å²) < 4.78 is 27.9. The van der Waals surface area contributed by atoms with Crippen molar-refractivity contribution in [3.8, 4) is 46.0 Å². The molecule has 16 heteroatoms. The van der Waals surface area contributed by atoms with Gasteiger partial charge in [-0.1, -0.05) is 263 Å². The quantitative estimate of drug-likeness (QED) is 0.0904. The average Bonchev–Trinajstić information content (AvgIpc) is 0.772. The molecule has 4 amide bonds. The summed E-state index contributed by atoms with van der Waals surface area (Å²) in [6.45, 7) is 50.4. The van der Waals surface area contributed by atoms with Gasteiger partial charge in [0.05, 0.1) is 0 Å². The van der Waals surface area contributed by atoms with Crippen molar-refractivity contribution in [2.75, 3.05) is 82.8 Å². The maximum Gasteiger partial charge on any atom is 0.259 e. The Balaban J connectivity index is 1.47. The van der Waals surface area contributed by atoms with Crippen LogP contribution in [0.15, 0.2) is 97.1 Å². The normalized spacial score (nSPS) is 13.5. The molecule has 648 valence electrons. The van der Waals surface area contributed by atoms with E-state index in [0.717, 1.165) is 44.5 Å². The van der Waals surface area contributed by atoms with Gasteiger partial charge in [-0.05, 0) is 177 Å². The van der Waals surface area contributed by atoms with Crippen molar-refractivity contribution < 1.29 is 58.6 Å². The third-order valence-corrected chi connectivity index (χ3v) is 23.4. The summed E-state index contributed by atoms with van der Waals surface area (Å²) in [4.78, 5) is 62.1. The summed E-state index contributed by atoms with van der Waals surface area (Å²) in [5, 5.41) is 53.9. The largest absolute Gasteiger partial charge is 0.507 e. The van der Waals surface area contributed by atoms with Crippen LogP contribution in [0, 0.1) is 0 Å². The van der Waals surface area contributed by atoms with E-state index in [1.165, 1.54) is 19.6 Å². The molecular weight excluding hydrogens is 1500 g/mol. The van der Waals surface area contributed by atoms with E-state index in [-0.39, 0.29) is 124 Å². The molecule has 0 aromatic heterocycles. The fraction of sp³-hybridized carbons (Fsp3) is 0.500. The second kappa shape index (κ2) is 35.2. The molecule has 120 heavy (non-hydrogen) atoms. The van der Waals surface area contributed by atoms with Gasteiger partial charge in [0.15, 0.2) is 26.4 Å². The number of hydrogen-bond acceptors (Lipinski definition) is 12. The molecule has 8 aromatic carbocycles. The maximum absolute atomic E-state index is 14.0. The van der Waals surface area contributed by atoms with Crippen LogP contribution < -0.4 is 18.9 Å². The number of phenols is 4. The third kappa shape index (κ3) is 22.6. The van der Waals surface area contributed by atoms with Crippen molar-refractivity contribution in [3.63, 3.8) is 0 Å². The van der Waals surface area contributed by atoms with Gasteiger partial charge >= 0.3 is 0 Å². The minimum Gasteiger partial charge on any atom is -0.507 e. The van der Waals surface area contributed by atoms with E-state index in [2.05, 4.69) is 263 Å². The van der Waals surface area contributed by atoms with Gasteiger partial charge in [0.25, 0.3) is 23.6 Å². The Morgan fingerprint density at radius 2 is 0.317 bits per heavy atom. The summed E-state index contributed by atoms with van der Waals surface area (Å²) in [5.74, 6) is 0.904. The van der Waals surface area contributed by atoms with Crippen LogP contribution in [0.4, 0.5) is 0 Å². The number of phenolic OH excluding ortho intramolecular Hbond substituents is 4. The first-order valence-electron chi connectivity index (χ1n) is 42.5. The van der Waals surface area contributed by atoms with Gasteiger partial charge in [0.1, 0.15) is 46.0 Å². The highest BCUT2D eigenvalue weighted by molar-refractivity contribution is 5.79. The SMILES string of the molecule is CN(C)C(=O)COc1c2cc(C(C)(C)C)cc1Cc1cc(C(C)(C)C)cc(c1O)Cc1cc(C(C)(C)C)cc(c1OCC(=O)N(C)C)Cc1cc(C(C)(C)C)cc(c1O)Cc1cc(C(C)(C)C)cc(c1OCC(=O)N(C)C)Cc1cc(C(C)(C)C)cc(c1O)Cc1cc(C(C)(C)C)cc(c1OCC(=O)N(C)C)Cc1cc(C(C)(C)C)cc(c1O)C2. The summed E-state index contributed by atoms with van der Waals surface area (Å²) in [6, 6.07) is 33.5. The fourth-order valence-corrected chi connectivity index (χ4v) is 15.1. The summed E-state index contributed by atoms with van der Waals surface area (Å²) in [6.07, 6.45) is 1.21. The summed E-state index contributed by atoms with van der Waals surface area (Å²) >= 11 is 0. The molecule has 9 rings (SSSR count). The van der Waals surface area contributed by atoms with E-state index >= 15 is 0 Å². The Labute approximate surface area is 718 Å². The van der Waals surface area contributed by atoms with Crippen LogP contribution >= 0.6 is 0 Å². The monoisotopic (exact) mass is 1640 g/mol. The van der Waals surface area contributed by atoms with E-state index in [1.807, 2.05) is 0 Å². The molecule has 0 saturated carbocycles. The number of carbonyl (C=O) groups is 4. The van der Waals surface area contributed by atoms with Crippen molar-refractivity contribution in [3.05, 3.63) is 231 Å². The Hall–Kier alpha value is -9.96. The van der Waals surface area contributed by atoms with Crippen molar-refractivity contribution in [1.29, 1.82) is 0 Å². The number of ether oxygens (including phenoxy) is 4. The first kappa shape index (κ1) is 93.9. The second-order valence-electron chi connectivity index (χ2n) is 42.8. The van der Waals surface area contributed by atoms with E-state index in [1.54, 1.807) is 56.4 Å². The van der Waals surface area contributed by atoms with Gasteiger partial charge in [-0.2, -0.15) is 0 Å². The Morgan fingerprint density at radius 3 is 0.408 bits per heavy atom. The highest BCUT2D eigenvalue weighted by Gasteiger charge is 2.34. The van der Waals surface area contributed by atoms with Crippen LogP contribution in [0.2, 0.25) is 0 Å². The minimum atomic E-state index is -0.456. The molecule has 0 unspecified atom stereocenters. The predicted octanol–water partition coefficient (Wildman–Crippen LogP) is 19.8. The van der Waals surface area contributed by atoms with Gasteiger partial charge in [-0.25, -0.2) is 0 Å². The molecule has 0 saturated heterocycles. The highest BCUT2D eigenvalue weighted by atomic mass is 16.5. The number of nitrogens with zero attached hydrogens (tertiary/aromatic N) is 4. The number of hydrogen-bond donors (Lipinski definition) is 4. The van der Waals surface area contributed by atoms with Crippen LogP contribution in [-0.2, 0) is 114 Å². The van der Waals surface area contributed by atoms with Crippen molar-refractivity contribution in [1.82, 2.24) is 19.6 Å². The lowest BCUT2D eigenvalue weighted by Crippen LogP contribution is -2.28. The molecule has 8 aromatic rings. The van der Waals surface area contributed by atoms with E-state index in [4.69, 9.17) is 18.9 Å². The molecule has 0 radical (unpaired) electrons. The molecular formula is C104H140N4O12. The van der Waals surface area contributed by atoms with Crippen molar-refractivity contribution in [2.45, 2.75) is 261 Å². The van der Waals surface area contributed by atoms with Crippen LogP contribution in [-0.4, -0.2) is 146 Å². The smallest absolute Gasteiger partial charge is 0.259 e. The van der Waals surface area contributed by atoms with E-state index < -0.39 is 43.3 Å². The third-order valence-electron chi connectivity index (χ3n) is 23.4. The first-order chi connectivity index (χ1) is 55.1. The molecule has 0 fully saturated rings. The van der Waals surface area contributed by atoms with Crippen LogP contribution in [0.25, 0.3) is 0 Å². The van der Waals surface area contributed by atoms with Gasteiger partial charge in [0.2, 0.25) is 0 Å². The Bertz CT molecular complexity index is 4350. The lowest BCUT2D eigenvalue weighted by molar-refractivity contribution is -0.131. The van der Waals surface area contributed by atoms with Gasteiger partial charge in [0, 0.05) is 108 Å². The number of benzene rings is 8. The molecule has 4 N–H and O–H groups in total. The standard InChI is InChI=1S/C104H140N4O12/c1-97(2,3)77-41-61-33-69-49-81(101(13,14)15)51-71(93(69)117-57-85(109)105(25)26)35-63-43-78(98(4,5)6)45-65(90(63)114)37-73-53-83(103(19,20)21)55-75(95(73)119-59-87(111)107(29)30)39-67-47-80(100(10,11)12)48-68(92(67)116)40-76-56-84(104(22,23)24)54-74(96(76)120-60-88(112)108(31)32)38-66-46-79(99(7,8)9)44-64(91(66)115)36-72-52-82(102(16,17)18)50-70(34-62(42-77)89(61)113)94(72)118-58-86(110)106(27)28/h41-56,113-116H,33-40,57-60H2,1-32H3. The lowest BCUT2D eigenvalue weighted by Gasteiger charge is -2.28. The van der Waals surface area contributed by atoms with Gasteiger partial charge in [-0.3, -0.25) is 19.2 Å². The maximum atomic E-state index is 14.0. The summed E-state index contributed by atoms with van der Waals surface area (Å²) in [7, 11) is 13.6. The van der Waals surface area contributed by atoms with E-state index in [9.17, 15) is 39.6 Å². The molecule has 16 bridgehead atoms. The summed E-state index contributed by atoms with van der Waals surface area (Å²) in [5.41, 5.74) is 14.6. The van der Waals surface area contributed by atoms with Crippen LogP contribution in [0.5, 0.6) is 46.0 Å². The molecule has 16 nitrogen and oxygen atoms in total. The molecule has 0 heterocycles. The predicted molar refractivity (Wildman–Crippen MR) is 487 cm³/mol. The number of amides is 4. The molecule has 1 aliphatic rings. The number of aromatic hydroxyl groups is 4. The number of fused-ring (bicyclic) bond motifs is 16.